The summed E-state index contributed by atoms with van der Waals surface area (Å²) in [5, 5.41) is 10.1. The van der Waals surface area contributed by atoms with Crippen LogP contribution in [-0.4, -0.2) is 61.7 Å². The number of likely N-dealkylation sites (tertiary alicyclic amines) is 1. The highest BCUT2D eigenvalue weighted by molar-refractivity contribution is 5.42. The molecule has 1 aliphatic heterocycles. The molecular weight excluding hydrogens is 306 g/mol. The van der Waals surface area contributed by atoms with E-state index in [1.807, 2.05) is 32.2 Å². The maximum absolute atomic E-state index is 10.1. The first-order valence-electron chi connectivity index (χ1n) is 8.82. The number of fused-ring (bicyclic) bond motifs is 1. The predicted octanol–water partition coefficient (Wildman–Crippen LogP) is 2.39. The minimum atomic E-state index is -0.211. The van der Waals surface area contributed by atoms with Gasteiger partial charge in [0.1, 0.15) is 6.61 Å². The van der Waals surface area contributed by atoms with Crippen LogP contribution in [0.25, 0.3) is 0 Å². The van der Waals surface area contributed by atoms with Crippen LogP contribution in [0.2, 0.25) is 0 Å². The molecule has 3 rings (SSSR count). The summed E-state index contributed by atoms with van der Waals surface area (Å²) in [6, 6.07) is 6.26. The van der Waals surface area contributed by atoms with Crippen LogP contribution >= 0.6 is 0 Å². The maximum atomic E-state index is 10.1. The van der Waals surface area contributed by atoms with Gasteiger partial charge in [0.15, 0.2) is 11.5 Å². The van der Waals surface area contributed by atoms with Crippen LogP contribution in [0.3, 0.4) is 0 Å². The number of ether oxygens (including phenoxy) is 3. The van der Waals surface area contributed by atoms with Gasteiger partial charge in [0, 0.05) is 26.2 Å². The molecule has 2 aliphatic rings. The van der Waals surface area contributed by atoms with Gasteiger partial charge >= 0.3 is 0 Å². The van der Waals surface area contributed by atoms with Gasteiger partial charge in [-0.2, -0.15) is 0 Å². The Morgan fingerprint density at radius 2 is 2.08 bits per heavy atom. The lowest BCUT2D eigenvalue weighted by atomic mass is 9.79. The predicted molar refractivity (Wildman–Crippen MR) is 92.8 cm³/mol. The normalized spacial score (nSPS) is 30.2. The fourth-order valence-corrected chi connectivity index (χ4v) is 4.20. The molecule has 134 valence electrons. The summed E-state index contributed by atoms with van der Waals surface area (Å²) >= 11 is 0. The number of benzene rings is 1. The molecule has 1 saturated heterocycles. The van der Waals surface area contributed by atoms with Crippen molar-refractivity contribution in [3.63, 3.8) is 0 Å². The molecule has 0 spiro atoms. The number of methoxy groups -OCH3 is 2. The highest BCUT2D eigenvalue weighted by Crippen LogP contribution is 2.42. The van der Waals surface area contributed by atoms with Crippen LogP contribution in [-0.2, 0) is 4.74 Å². The van der Waals surface area contributed by atoms with Crippen molar-refractivity contribution in [3.8, 4) is 11.5 Å². The molecule has 1 aliphatic carbocycles. The highest BCUT2D eigenvalue weighted by Gasteiger charge is 2.50. The van der Waals surface area contributed by atoms with Gasteiger partial charge in [-0.05, 0) is 50.3 Å². The van der Waals surface area contributed by atoms with E-state index in [1.165, 1.54) is 0 Å². The van der Waals surface area contributed by atoms with Crippen LogP contribution < -0.4 is 9.47 Å². The summed E-state index contributed by atoms with van der Waals surface area (Å²) in [6.07, 6.45) is 3.40. The minimum absolute atomic E-state index is 0.0826. The molecule has 0 amide bonds. The largest absolute Gasteiger partial charge is 0.493 e. The fourth-order valence-electron chi connectivity index (χ4n) is 4.20. The quantitative estimate of drug-likeness (QED) is 0.865. The first-order chi connectivity index (χ1) is 11.6. The summed E-state index contributed by atoms with van der Waals surface area (Å²) in [7, 11) is 3.47. The van der Waals surface area contributed by atoms with Gasteiger partial charge in [-0.25, -0.2) is 0 Å². The van der Waals surface area contributed by atoms with E-state index in [2.05, 4.69) is 4.90 Å². The van der Waals surface area contributed by atoms with E-state index in [9.17, 15) is 5.11 Å². The van der Waals surface area contributed by atoms with Crippen LogP contribution in [0.5, 0.6) is 11.5 Å². The number of aliphatic hydroxyl groups is 1. The number of hydrogen-bond acceptors (Lipinski definition) is 5. The van der Waals surface area contributed by atoms with Crippen molar-refractivity contribution in [2.75, 3.05) is 33.9 Å². The monoisotopic (exact) mass is 335 g/mol. The van der Waals surface area contributed by atoms with E-state index in [4.69, 9.17) is 14.2 Å². The second-order valence-corrected chi connectivity index (χ2v) is 7.00. The third-order valence-corrected chi connectivity index (χ3v) is 5.63. The highest BCUT2D eigenvalue weighted by atomic mass is 16.5. The summed E-state index contributed by atoms with van der Waals surface area (Å²) in [6.45, 7) is 4.47. The third-order valence-electron chi connectivity index (χ3n) is 5.63. The lowest BCUT2D eigenvalue weighted by Crippen LogP contribution is -2.52. The number of aliphatic hydroxyl groups excluding tert-OH is 1. The molecule has 24 heavy (non-hydrogen) atoms. The van der Waals surface area contributed by atoms with Gasteiger partial charge in [-0.15, -0.1) is 0 Å². The Kier molecular flexibility index (Phi) is 5.33. The number of rotatable bonds is 6. The Morgan fingerprint density at radius 3 is 2.83 bits per heavy atom. The molecule has 1 aromatic rings. The first-order valence-corrected chi connectivity index (χ1v) is 8.82. The zero-order valence-electron chi connectivity index (χ0n) is 15.0. The van der Waals surface area contributed by atoms with Crippen molar-refractivity contribution < 1.29 is 19.3 Å². The van der Waals surface area contributed by atoms with Gasteiger partial charge in [0.05, 0.1) is 18.8 Å². The van der Waals surface area contributed by atoms with Crippen molar-refractivity contribution in [1.29, 1.82) is 0 Å². The lowest BCUT2D eigenvalue weighted by Gasteiger charge is -2.42. The second-order valence-electron chi connectivity index (χ2n) is 7.00. The summed E-state index contributed by atoms with van der Waals surface area (Å²) in [4.78, 5) is 2.41. The van der Waals surface area contributed by atoms with Crippen molar-refractivity contribution in [1.82, 2.24) is 4.90 Å². The molecule has 1 heterocycles. The van der Waals surface area contributed by atoms with Crippen LogP contribution in [0.1, 0.15) is 31.2 Å². The lowest BCUT2D eigenvalue weighted by molar-refractivity contribution is -0.0876. The molecule has 0 bridgehead atoms. The van der Waals surface area contributed by atoms with Gasteiger partial charge in [0.2, 0.25) is 0 Å². The molecule has 1 saturated carbocycles. The maximum Gasteiger partial charge on any atom is 0.161 e. The van der Waals surface area contributed by atoms with Crippen molar-refractivity contribution in [2.45, 2.75) is 50.4 Å². The van der Waals surface area contributed by atoms with Crippen LogP contribution in [0.4, 0.5) is 0 Å². The topological polar surface area (TPSA) is 51.2 Å². The van der Waals surface area contributed by atoms with Gasteiger partial charge in [-0.3, -0.25) is 4.90 Å². The summed E-state index contributed by atoms with van der Waals surface area (Å²) in [5.74, 6) is 1.56. The van der Waals surface area contributed by atoms with Gasteiger partial charge in [0.25, 0.3) is 0 Å². The van der Waals surface area contributed by atoms with Crippen LogP contribution in [0, 0.1) is 6.92 Å². The second kappa shape index (κ2) is 7.30. The Bertz CT molecular complexity index is 564. The third kappa shape index (κ3) is 3.39. The smallest absolute Gasteiger partial charge is 0.161 e. The summed E-state index contributed by atoms with van der Waals surface area (Å²) < 4.78 is 17.2. The number of nitrogens with zero attached hydrogens (tertiary/aromatic N) is 1. The van der Waals surface area contributed by atoms with E-state index < -0.39 is 0 Å². The SMILES string of the molecule is COc1cc(C)ccc1OCCN1CC[C@]2(OC)CC[C@H](O)C[C@H]12. The Hall–Kier alpha value is -1.30. The fraction of sp³-hybridized carbons (Fsp3) is 0.684. The molecule has 0 unspecified atom stereocenters. The Balaban J connectivity index is 1.59. The van der Waals surface area contributed by atoms with E-state index in [0.29, 0.717) is 6.61 Å². The molecule has 3 atom stereocenters. The molecule has 1 N–H and O–H groups in total. The zero-order valence-corrected chi connectivity index (χ0v) is 15.0. The average molecular weight is 335 g/mol. The molecule has 5 nitrogen and oxygen atoms in total. The van der Waals surface area contributed by atoms with Gasteiger partial charge in [-0.1, -0.05) is 6.07 Å². The molecule has 0 radical (unpaired) electrons. The molecule has 0 aromatic heterocycles. The van der Waals surface area contributed by atoms with Crippen molar-refractivity contribution >= 4 is 0 Å². The first kappa shape index (κ1) is 17.5. The molecule has 1 aromatic carbocycles. The Labute approximate surface area is 144 Å². The number of aryl methyl sites for hydroxylation is 1. The van der Waals surface area contributed by atoms with Crippen LogP contribution in [0.15, 0.2) is 18.2 Å². The van der Waals surface area contributed by atoms with E-state index in [-0.39, 0.29) is 17.7 Å². The number of hydrogen-bond donors (Lipinski definition) is 1. The standard InChI is InChI=1S/C19H29NO4/c1-14-4-5-16(17(12-14)22-2)24-11-10-20-9-8-19(23-3)7-6-15(21)13-18(19)20/h4-5,12,15,18,21H,6-11,13H2,1-3H3/t15-,18-,19+/m0/s1. The average Bonchev–Trinajstić information content (AvgIpc) is 2.95. The van der Waals surface area contributed by atoms with Gasteiger partial charge < -0.3 is 19.3 Å². The van der Waals surface area contributed by atoms with Crippen molar-refractivity contribution in [2.24, 2.45) is 0 Å². The zero-order chi connectivity index (χ0) is 17.2. The van der Waals surface area contributed by atoms with E-state index in [1.54, 1.807) is 7.11 Å². The van der Waals surface area contributed by atoms with Crippen molar-refractivity contribution in [3.05, 3.63) is 23.8 Å². The van der Waals surface area contributed by atoms with E-state index >= 15 is 0 Å². The van der Waals surface area contributed by atoms with E-state index in [0.717, 1.165) is 55.8 Å². The Morgan fingerprint density at radius 1 is 1.25 bits per heavy atom. The molecule has 2 fully saturated rings. The summed E-state index contributed by atoms with van der Waals surface area (Å²) in [5.41, 5.74) is 1.07. The molecular formula is C19H29NO4. The molecule has 5 heteroatoms. The minimum Gasteiger partial charge on any atom is -0.493 e.